The minimum atomic E-state index is -0.263. The number of urea groups is 1. The first-order valence-corrected chi connectivity index (χ1v) is 11.0. The number of anilines is 1. The Hall–Kier alpha value is -3.38. The van der Waals surface area contributed by atoms with Crippen LogP contribution in [-0.2, 0) is 6.61 Å². The van der Waals surface area contributed by atoms with Crippen LogP contribution >= 0.6 is 11.3 Å². The average molecular weight is 434 g/mol. The van der Waals surface area contributed by atoms with Crippen molar-refractivity contribution in [2.75, 3.05) is 11.9 Å². The highest BCUT2D eigenvalue weighted by Gasteiger charge is 2.14. The molecule has 31 heavy (non-hydrogen) atoms. The lowest BCUT2D eigenvalue weighted by Crippen LogP contribution is -2.28. The fourth-order valence-electron chi connectivity index (χ4n) is 3.13. The molecule has 0 aliphatic heterocycles. The van der Waals surface area contributed by atoms with Gasteiger partial charge in [-0.25, -0.2) is 9.78 Å². The molecule has 0 radical (unpaired) electrons. The zero-order valence-electron chi connectivity index (χ0n) is 18.1. The Balaban J connectivity index is 1.99. The van der Waals surface area contributed by atoms with Gasteiger partial charge >= 0.3 is 6.03 Å². The van der Waals surface area contributed by atoms with Crippen LogP contribution < -0.4 is 15.4 Å². The van der Waals surface area contributed by atoms with E-state index in [0.29, 0.717) is 18.3 Å². The molecule has 0 spiro atoms. The number of carbonyl (C=O) groups excluding carboxylic acids is 1. The summed E-state index contributed by atoms with van der Waals surface area (Å²) in [6.45, 7) is 10.8. The van der Waals surface area contributed by atoms with Gasteiger partial charge in [0.25, 0.3) is 0 Å². The largest absolute Gasteiger partial charge is 0.489 e. The number of fused-ring (bicyclic) bond motifs is 1. The molecule has 0 aliphatic carbocycles. The van der Waals surface area contributed by atoms with Crippen LogP contribution in [0, 0.1) is 0 Å². The van der Waals surface area contributed by atoms with Crippen molar-refractivity contribution in [2.24, 2.45) is 0 Å². The summed E-state index contributed by atoms with van der Waals surface area (Å²) in [6, 6.07) is 13.7. The van der Waals surface area contributed by atoms with Gasteiger partial charge in [-0.3, -0.25) is 5.32 Å². The van der Waals surface area contributed by atoms with Crippen molar-refractivity contribution in [1.29, 1.82) is 0 Å². The lowest BCUT2D eigenvalue weighted by atomic mass is 10.0. The topological polar surface area (TPSA) is 63.2 Å². The number of hydrogen-bond acceptors (Lipinski definition) is 4. The Morgan fingerprint density at radius 3 is 2.71 bits per heavy atom. The van der Waals surface area contributed by atoms with Crippen LogP contribution in [0.5, 0.6) is 5.75 Å². The third kappa shape index (κ3) is 6.06. The molecule has 1 heterocycles. The number of amides is 2. The lowest BCUT2D eigenvalue weighted by Gasteiger charge is -2.10. The molecule has 0 aliphatic rings. The Morgan fingerprint density at radius 2 is 2.00 bits per heavy atom. The molecule has 0 atom stereocenters. The smallest absolute Gasteiger partial charge is 0.321 e. The minimum Gasteiger partial charge on any atom is -0.489 e. The Morgan fingerprint density at radius 1 is 1.23 bits per heavy atom. The van der Waals surface area contributed by atoms with E-state index in [2.05, 4.69) is 35.2 Å². The van der Waals surface area contributed by atoms with Crippen molar-refractivity contribution >= 4 is 38.3 Å². The summed E-state index contributed by atoms with van der Waals surface area (Å²) in [4.78, 5) is 16.6. The molecule has 0 saturated heterocycles. The maximum absolute atomic E-state index is 11.9. The van der Waals surface area contributed by atoms with Crippen LogP contribution in [0.1, 0.15) is 31.9 Å². The Bertz CT molecular complexity index is 1130. The maximum Gasteiger partial charge on any atom is 0.321 e. The molecule has 2 aromatic carbocycles. The first-order chi connectivity index (χ1) is 15.0. The van der Waals surface area contributed by atoms with Crippen LogP contribution in [0.25, 0.3) is 15.8 Å². The number of hydrogen-bond donors (Lipinski definition) is 2. The standard InChI is InChI=1S/C25H27N3O2S/c1-5-10-17(3)13-18(4)21-14-20(30-16-19-11-8-7-9-12-19)15-22-23(21)31-25(27-22)28-24(29)26-6-2/h5,7-15H,1,6,16H2,2-4H3,(H2,26,27,28,29)/b17-10-,18-13+. The van der Waals surface area contributed by atoms with E-state index in [1.807, 2.05) is 62.4 Å². The third-order valence-electron chi connectivity index (χ3n) is 4.52. The summed E-state index contributed by atoms with van der Waals surface area (Å²) in [5, 5.41) is 6.09. The van der Waals surface area contributed by atoms with Gasteiger partial charge < -0.3 is 10.1 Å². The molecular weight excluding hydrogens is 406 g/mol. The second kappa shape index (κ2) is 10.6. The molecular formula is C25H27N3O2S. The van der Waals surface area contributed by atoms with Gasteiger partial charge in [0.2, 0.25) is 0 Å². The normalized spacial score (nSPS) is 12.0. The van der Waals surface area contributed by atoms with E-state index in [-0.39, 0.29) is 6.03 Å². The molecule has 0 saturated carbocycles. The van der Waals surface area contributed by atoms with Gasteiger partial charge in [-0.05, 0) is 38.0 Å². The number of benzene rings is 2. The maximum atomic E-state index is 11.9. The van der Waals surface area contributed by atoms with E-state index >= 15 is 0 Å². The number of allylic oxidation sites excluding steroid dienone is 5. The van der Waals surface area contributed by atoms with E-state index < -0.39 is 0 Å². The molecule has 0 unspecified atom stereocenters. The number of nitrogens with zero attached hydrogens (tertiary/aromatic N) is 1. The van der Waals surface area contributed by atoms with E-state index in [0.717, 1.165) is 38.2 Å². The van der Waals surface area contributed by atoms with Gasteiger partial charge in [0.15, 0.2) is 5.13 Å². The highest BCUT2D eigenvalue weighted by atomic mass is 32.1. The van der Waals surface area contributed by atoms with Gasteiger partial charge in [0.1, 0.15) is 12.4 Å². The zero-order valence-corrected chi connectivity index (χ0v) is 18.9. The van der Waals surface area contributed by atoms with E-state index in [1.165, 1.54) is 11.3 Å². The Kier molecular flexibility index (Phi) is 7.62. The molecule has 5 nitrogen and oxygen atoms in total. The number of nitrogens with one attached hydrogen (secondary N) is 2. The second-order valence-electron chi connectivity index (χ2n) is 7.07. The van der Waals surface area contributed by atoms with Crippen molar-refractivity contribution < 1.29 is 9.53 Å². The first-order valence-electron chi connectivity index (χ1n) is 10.1. The van der Waals surface area contributed by atoms with Crippen LogP contribution in [0.15, 0.2) is 72.8 Å². The molecule has 2 N–H and O–H groups in total. The molecule has 2 amide bonds. The molecule has 0 fully saturated rings. The second-order valence-corrected chi connectivity index (χ2v) is 8.07. The fourth-order valence-corrected chi connectivity index (χ4v) is 4.15. The minimum absolute atomic E-state index is 0.263. The molecule has 1 aromatic heterocycles. The predicted octanol–water partition coefficient (Wildman–Crippen LogP) is 6.55. The van der Waals surface area contributed by atoms with Crippen molar-refractivity contribution in [3.63, 3.8) is 0 Å². The molecule has 160 valence electrons. The van der Waals surface area contributed by atoms with Crippen LogP contribution in [0.4, 0.5) is 9.93 Å². The quantitative estimate of drug-likeness (QED) is 0.396. The van der Waals surface area contributed by atoms with Crippen LogP contribution in [-0.4, -0.2) is 17.6 Å². The molecule has 6 heteroatoms. The van der Waals surface area contributed by atoms with Crippen molar-refractivity contribution in [2.45, 2.75) is 27.4 Å². The zero-order chi connectivity index (χ0) is 22.2. The number of carbonyl (C=O) groups is 1. The van der Waals surface area contributed by atoms with Gasteiger partial charge in [-0.2, -0.15) is 0 Å². The summed E-state index contributed by atoms with van der Waals surface area (Å²) in [6.07, 6.45) is 5.84. The van der Waals surface area contributed by atoms with Crippen molar-refractivity contribution in [3.8, 4) is 5.75 Å². The molecule has 3 aromatic rings. The van der Waals surface area contributed by atoms with Crippen LogP contribution in [0.3, 0.4) is 0 Å². The van der Waals surface area contributed by atoms with Gasteiger partial charge in [-0.1, -0.05) is 72.0 Å². The van der Waals surface area contributed by atoms with Gasteiger partial charge in [-0.15, -0.1) is 0 Å². The average Bonchev–Trinajstić information content (AvgIpc) is 3.14. The van der Waals surface area contributed by atoms with E-state index in [1.54, 1.807) is 6.08 Å². The SMILES string of the molecule is C=C/C=C(C)\C=C(/C)c1cc(OCc2ccccc2)cc2nc(NC(=O)NCC)sc12. The summed E-state index contributed by atoms with van der Waals surface area (Å²) in [7, 11) is 0. The Labute approximate surface area is 187 Å². The number of aromatic nitrogens is 1. The van der Waals surface area contributed by atoms with E-state index in [4.69, 9.17) is 4.74 Å². The molecule has 0 bridgehead atoms. The summed E-state index contributed by atoms with van der Waals surface area (Å²) in [5.74, 6) is 0.735. The molecule has 3 rings (SSSR count). The van der Waals surface area contributed by atoms with Gasteiger partial charge in [0, 0.05) is 18.2 Å². The van der Waals surface area contributed by atoms with Crippen LogP contribution in [0.2, 0.25) is 0 Å². The van der Waals surface area contributed by atoms with Crippen molar-refractivity contribution in [1.82, 2.24) is 10.3 Å². The van der Waals surface area contributed by atoms with Crippen molar-refractivity contribution in [3.05, 3.63) is 84.0 Å². The third-order valence-corrected chi connectivity index (χ3v) is 5.54. The predicted molar refractivity (Wildman–Crippen MR) is 131 cm³/mol. The lowest BCUT2D eigenvalue weighted by molar-refractivity contribution is 0.252. The highest BCUT2D eigenvalue weighted by Crippen LogP contribution is 2.36. The summed E-state index contributed by atoms with van der Waals surface area (Å²) >= 11 is 1.45. The monoisotopic (exact) mass is 433 g/mol. The number of rotatable bonds is 8. The number of ether oxygens (including phenoxy) is 1. The first kappa shape index (κ1) is 22.3. The highest BCUT2D eigenvalue weighted by molar-refractivity contribution is 7.22. The fraction of sp³-hybridized carbons (Fsp3) is 0.200. The number of thiazole rings is 1. The van der Waals surface area contributed by atoms with E-state index in [9.17, 15) is 4.79 Å². The summed E-state index contributed by atoms with van der Waals surface area (Å²) < 4.78 is 7.08. The van der Waals surface area contributed by atoms with Gasteiger partial charge in [0.05, 0.1) is 10.2 Å². The summed E-state index contributed by atoms with van der Waals surface area (Å²) in [5.41, 5.74) is 5.09.